The Balaban J connectivity index is 1.93. The third-order valence-corrected chi connectivity index (χ3v) is 3.63. The van der Waals surface area contributed by atoms with Crippen molar-refractivity contribution in [1.29, 1.82) is 0 Å². The van der Waals surface area contributed by atoms with Crippen LogP contribution in [-0.2, 0) is 0 Å². The van der Waals surface area contributed by atoms with Gasteiger partial charge >= 0.3 is 6.61 Å². The predicted molar refractivity (Wildman–Crippen MR) is 85.5 cm³/mol. The Kier molecular flexibility index (Phi) is 4.61. The molecule has 0 atom stereocenters. The summed E-state index contributed by atoms with van der Waals surface area (Å²) >= 11 is 0. The fourth-order valence-electron chi connectivity index (χ4n) is 2.44. The number of alkyl halides is 2. The van der Waals surface area contributed by atoms with Crippen LogP contribution < -0.4 is 4.74 Å². The quantitative estimate of drug-likeness (QED) is 0.622. The highest BCUT2D eigenvalue weighted by atomic mass is 19.3. The lowest BCUT2D eigenvalue weighted by Gasteiger charge is -2.10. The van der Waals surface area contributed by atoms with Crippen LogP contribution in [0.2, 0.25) is 0 Å². The van der Waals surface area contributed by atoms with Crippen molar-refractivity contribution in [2.45, 2.75) is 6.61 Å². The van der Waals surface area contributed by atoms with Crippen LogP contribution >= 0.6 is 0 Å². The van der Waals surface area contributed by atoms with E-state index in [1.165, 1.54) is 30.3 Å². The molecule has 3 aromatic carbocycles. The lowest BCUT2D eigenvalue weighted by Crippen LogP contribution is -2.03. The van der Waals surface area contributed by atoms with Gasteiger partial charge in [0.2, 0.25) is 0 Å². The molecular formula is C19H12F4O2. The molecule has 0 aromatic heterocycles. The van der Waals surface area contributed by atoms with Gasteiger partial charge in [-0.2, -0.15) is 8.78 Å². The van der Waals surface area contributed by atoms with E-state index in [4.69, 9.17) is 0 Å². The molecule has 6 heteroatoms. The molecule has 0 radical (unpaired) electrons. The second kappa shape index (κ2) is 6.84. The normalized spacial score (nSPS) is 10.9. The van der Waals surface area contributed by atoms with Crippen molar-refractivity contribution in [3.63, 3.8) is 0 Å². The van der Waals surface area contributed by atoms with Crippen molar-refractivity contribution in [2.75, 3.05) is 0 Å². The summed E-state index contributed by atoms with van der Waals surface area (Å²) in [6, 6.07) is 13.9. The minimum atomic E-state index is -3.14. The monoisotopic (exact) mass is 348 g/mol. The Morgan fingerprint density at radius 1 is 0.720 bits per heavy atom. The number of phenolic OH excluding ortho intramolecular Hbond substituents is 1. The first-order valence-electron chi connectivity index (χ1n) is 7.28. The van der Waals surface area contributed by atoms with Crippen LogP contribution in [0, 0.1) is 11.6 Å². The van der Waals surface area contributed by atoms with Gasteiger partial charge in [-0.15, -0.1) is 0 Å². The van der Waals surface area contributed by atoms with Crippen molar-refractivity contribution in [3.8, 4) is 33.8 Å². The zero-order valence-electron chi connectivity index (χ0n) is 12.7. The van der Waals surface area contributed by atoms with Gasteiger partial charge in [-0.3, -0.25) is 0 Å². The smallest absolute Gasteiger partial charge is 0.387 e. The summed E-state index contributed by atoms with van der Waals surface area (Å²) in [5.74, 6) is -2.09. The molecule has 3 rings (SSSR count). The maximum atomic E-state index is 14.4. The van der Waals surface area contributed by atoms with Crippen LogP contribution in [0.25, 0.3) is 22.3 Å². The molecule has 0 unspecified atom stereocenters. The van der Waals surface area contributed by atoms with Crippen molar-refractivity contribution in [1.82, 2.24) is 0 Å². The summed E-state index contributed by atoms with van der Waals surface area (Å²) in [6.45, 7) is -3.14. The van der Waals surface area contributed by atoms with E-state index < -0.39 is 24.0 Å². The molecule has 1 N–H and O–H groups in total. The SMILES string of the molecule is Oc1ccc(-c2ccc(-c3ccc(OC(F)F)c(F)c3)c(F)c2)cc1. The zero-order chi connectivity index (χ0) is 18.0. The van der Waals surface area contributed by atoms with Gasteiger partial charge in [0.15, 0.2) is 11.6 Å². The Morgan fingerprint density at radius 3 is 1.92 bits per heavy atom. The number of rotatable bonds is 4. The van der Waals surface area contributed by atoms with Crippen LogP contribution in [0.15, 0.2) is 60.7 Å². The zero-order valence-corrected chi connectivity index (χ0v) is 12.7. The van der Waals surface area contributed by atoms with E-state index in [1.807, 2.05) is 0 Å². The van der Waals surface area contributed by atoms with Gasteiger partial charge in [0.25, 0.3) is 0 Å². The highest BCUT2D eigenvalue weighted by Crippen LogP contribution is 2.31. The minimum absolute atomic E-state index is 0.0995. The number of aromatic hydroxyl groups is 1. The molecule has 0 aliphatic carbocycles. The number of phenols is 1. The Morgan fingerprint density at radius 2 is 1.32 bits per heavy atom. The van der Waals surface area contributed by atoms with E-state index in [9.17, 15) is 22.7 Å². The molecule has 0 aliphatic rings. The summed E-state index contributed by atoms with van der Waals surface area (Å²) in [5, 5.41) is 9.29. The van der Waals surface area contributed by atoms with Crippen molar-refractivity contribution < 1.29 is 27.4 Å². The first kappa shape index (κ1) is 16.8. The summed E-state index contributed by atoms with van der Waals surface area (Å²) in [6.07, 6.45) is 0. The largest absolute Gasteiger partial charge is 0.508 e. The summed E-state index contributed by atoms with van der Waals surface area (Å²) in [7, 11) is 0. The maximum absolute atomic E-state index is 14.4. The molecule has 0 spiro atoms. The number of hydrogen-bond acceptors (Lipinski definition) is 2. The highest BCUT2D eigenvalue weighted by molar-refractivity contribution is 5.71. The van der Waals surface area contributed by atoms with E-state index >= 15 is 0 Å². The number of hydrogen-bond donors (Lipinski definition) is 1. The molecular weight excluding hydrogens is 336 g/mol. The van der Waals surface area contributed by atoms with E-state index in [2.05, 4.69) is 4.74 Å². The second-order valence-corrected chi connectivity index (χ2v) is 5.27. The average molecular weight is 348 g/mol. The predicted octanol–water partition coefficient (Wildman–Crippen LogP) is 5.61. The van der Waals surface area contributed by atoms with Crippen molar-refractivity contribution >= 4 is 0 Å². The molecule has 25 heavy (non-hydrogen) atoms. The Bertz CT molecular complexity index is 892. The molecule has 0 saturated heterocycles. The minimum Gasteiger partial charge on any atom is -0.508 e. The molecule has 2 nitrogen and oxygen atoms in total. The fraction of sp³-hybridized carbons (Fsp3) is 0.0526. The van der Waals surface area contributed by atoms with Crippen LogP contribution in [0.4, 0.5) is 17.6 Å². The molecule has 0 fully saturated rings. The molecule has 3 aromatic rings. The third-order valence-electron chi connectivity index (χ3n) is 3.63. The Labute approximate surface area is 140 Å². The van der Waals surface area contributed by atoms with Crippen LogP contribution in [0.3, 0.4) is 0 Å². The van der Waals surface area contributed by atoms with Crippen LogP contribution in [0.5, 0.6) is 11.5 Å². The first-order chi connectivity index (χ1) is 11.9. The summed E-state index contributed by atoms with van der Waals surface area (Å²) < 4.78 is 56.6. The summed E-state index contributed by atoms with van der Waals surface area (Å²) in [4.78, 5) is 0. The first-order valence-corrected chi connectivity index (χ1v) is 7.28. The molecule has 0 saturated carbocycles. The molecule has 0 bridgehead atoms. The van der Waals surface area contributed by atoms with Crippen LogP contribution in [-0.4, -0.2) is 11.7 Å². The van der Waals surface area contributed by atoms with Gasteiger partial charge in [0.1, 0.15) is 11.6 Å². The van der Waals surface area contributed by atoms with Gasteiger partial charge in [0, 0.05) is 5.56 Å². The molecule has 128 valence electrons. The van der Waals surface area contributed by atoms with Gasteiger partial charge in [-0.05, 0) is 47.0 Å². The maximum Gasteiger partial charge on any atom is 0.387 e. The van der Waals surface area contributed by atoms with Gasteiger partial charge in [0.05, 0.1) is 0 Å². The van der Waals surface area contributed by atoms with Crippen LogP contribution in [0.1, 0.15) is 0 Å². The average Bonchev–Trinajstić information content (AvgIpc) is 2.57. The topological polar surface area (TPSA) is 29.5 Å². The van der Waals surface area contributed by atoms with Gasteiger partial charge in [-0.1, -0.05) is 30.3 Å². The van der Waals surface area contributed by atoms with E-state index in [0.717, 1.165) is 12.1 Å². The fourth-order valence-corrected chi connectivity index (χ4v) is 2.44. The molecule has 0 aliphatic heterocycles. The second-order valence-electron chi connectivity index (χ2n) is 5.27. The lowest BCUT2D eigenvalue weighted by molar-refractivity contribution is -0.0521. The molecule has 0 heterocycles. The number of benzene rings is 3. The lowest BCUT2D eigenvalue weighted by atomic mass is 9.99. The van der Waals surface area contributed by atoms with Crippen molar-refractivity contribution in [3.05, 3.63) is 72.3 Å². The van der Waals surface area contributed by atoms with Crippen molar-refractivity contribution in [2.24, 2.45) is 0 Å². The summed E-state index contributed by atoms with van der Waals surface area (Å²) in [5.41, 5.74) is 1.62. The van der Waals surface area contributed by atoms with E-state index in [-0.39, 0.29) is 16.9 Å². The standard InChI is InChI=1S/C19H12F4O2/c20-16-9-12(11-1-5-14(24)6-2-11)3-7-15(16)13-4-8-18(17(21)10-13)25-19(22)23/h1-10,19,24H. The highest BCUT2D eigenvalue weighted by Gasteiger charge is 2.13. The molecule has 0 amide bonds. The third kappa shape index (κ3) is 3.74. The van der Waals surface area contributed by atoms with E-state index in [1.54, 1.807) is 18.2 Å². The number of halogens is 4. The van der Waals surface area contributed by atoms with E-state index in [0.29, 0.717) is 11.1 Å². The Hall–Kier alpha value is -3.02. The van der Waals surface area contributed by atoms with Gasteiger partial charge in [-0.25, -0.2) is 8.78 Å². The number of ether oxygens (including phenoxy) is 1. The van der Waals surface area contributed by atoms with Gasteiger partial charge < -0.3 is 9.84 Å².